The Kier molecular flexibility index (Phi) is 4.31. The average molecular weight is 202 g/mol. The van der Waals surface area contributed by atoms with Gasteiger partial charge in [-0.2, -0.15) is 0 Å². The molecule has 1 atom stereocenters. The predicted molar refractivity (Wildman–Crippen MR) is 51.8 cm³/mol. The molecule has 1 heterocycles. The Morgan fingerprint density at radius 1 is 1.43 bits per heavy atom. The van der Waals surface area contributed by atoms with Crippen LogP contribution in [0.15, 0.2) is 0 Å². The van der Waals surface area contributed by atoms with E-state index in [1.165, 1.54) is 0 Å². The summed E-state index contributed by atoms with van der Waals surface area (Å²) in [5, 5.41) is 5.90. The lowest BCUT2D eigenvalue weighted by molar-refractivity contribution is -0.139. The van der Waals surface area contributed by atoms with E-state index in [1.807, 2.05) is 6.92 Å². The summed E-state index contributed by atoms with van der Waals surface area (Å²) < 4.78 is 10.1. The summed E-state index contributed by atoms with van der Waals surface area (Å²) in [6.45, 7) is 3.40. The molecule has 1 aliphatic heterocycles. The van der Waals surface area contributed by atoms with Crippen LogP contribution in [0.25, 0.3) is 0 Å². The Balaban J connectivity index is 2.30. The summed E-state index contributed by atoms with van der Waals surface area (Å²) in [4.78, 5) is 11.5. The lowest BCUT2D eigenvalue weighted by atomic mass is 10.0. The van der Waals surface area contributed by atoms with Crippen LogP contribution in [0, 0.1) is 5.92 Å². The molecule has 82 valence electrons. The van der Waals surface area contributed by atoms with Gasteiger partial charge in [0.2, 0.25) is 5.91 Å². The maximum atomic E-state index is 11.5. The minimum atomic E-state index is -0.382. The van der Waals surface area contributed by atoms with Crippen LogP contribution >= 0.6 is 0 Å². The van der Waals surface area contributed by atoms with E-state index in [2.05, 4.69) is 10.6 Å². The van der Waals surface area contributed by atoms with Gasteiger partial charge in [0, 0.05) is 27.3 Å². The first kappa shape index (κ1) is 11.4. The van der Waals surface area contributed by atoms with E-state index >= 15 is 0 Å². The molecule has 1 unspecified atom stereocenters. The molecule has 0 aromatic rings. The normalized spacial score (nSPS) is 19.1. The van der Waals surface area contributed by atoms with Crippen LogP contribution in [0.3, 0.4) is 0 Å². The molecule has 0 aromatic carbocycles. The van der Waals surface area contributed by atoms with Crippen molar-refractivity contribution in [1.82, 2.24) is 10.6 Å². The van der Waals surface area contributed by atoms with E-state index in [0.717, 1.165) is 13.1 Å². The summed E-state index contributed by atoms with van der Waals surface area (Å²) in [7, 11) is 3.11. The lowest BCUT2D eigenvalue weighted by Gasteiger charge is -2.29. The molecule has 0 saturated carbocycles. The monoisotopic (exact) mass is 202 g/mol. The van der Waals surface area contributed by atoms with E-state index in [4.69, 9.17) is 9.47 Å². The summed E-state index contributed by atoms with van der Waals surface area (Å²) in [6.07, 6.45) is -0.382. The molecule has 0 aromatic heterocycles. The smallest absolute Gasteiger partial charge is 0.226 e. The molecule has 2 N–H and O–H groups in total. The van der Waals surface area contributed by atoms with Crippen molar-refractivity contribution in [2.45, 2.75) is 19.3 Å². The quantitative estimate of drug-likeness (QED) is 0.580. The summed E-state index contributed by atoms with van der Waals surface area (Å²) in [5.41, 5.74) is 0. The Morgan fingerprint density at radius 2 is 2.00 bits per heavy atom. The summed E-state index contributed by atoms with van der Waals surface area (Å²) in [5.74, 6) is 0.169. The highest BCUT2D eigenvalue weighted by molar-refractivity contribution is 5.80. The summed E-state index contributed by atoms with van der Waals surface area (Å²) >= 11 is 0. The minimum Gasteiger partial charge on any atom is -0.354 e. The SMILES string of the molecule is COC(OC)C(C)NC(=O)C1CNC1. The van der Waals surface area contributed by atoms with Crippen molar-refractivity contribution in [3.8, 4) is 0 Å². The molecule has 1 fully saturated rings. The van der Waals surface area contributed by atoms with Crippen LogP contribution in [-0.2, 0) is 14.3 Å². The first-order valence-electron chi connectivity index (χ1n) is 4.75. The molecular weight excluding hydrogens is 184 g/mol. The molecule has 5 heteroatoms. The molecule has 14 heavy (non-hydrogen) atoms. The van der Waals surface area contributed by atoms with Crippen LogP contribution in [0.2, 0.25) is 0 Å². The van der Waals surface area contributed by atoms with Gasteiger partial charge in [0.15, 0.2) is 6.29 Å². The number of carbonyl (C=O) groups excluding carboxylic acids is 1. The van der Waals surface area contributed by atoms with Crippen molar-refractivity contribution < 1.29 is 14.3 Å². The van der Waals surface area contributed by atoms with Gasteiger partial charge in [0.25, 0.3) is 0 Å². The number of methoxy groups -OCH3 is 2. The third-order valence-electron chi connectivity index (χ3n) is 2.40. The Morgan fingerprint density at radius 3 is 2.36 bits per heavy atom. The molecular formula is C9H18N2O3. The second-order valence-corrected chi connectivity index (χ2v) is 3.49. The van der Waals surface area contributed by atoms with Crippen molar-refractivity contribution in [2.24, 2.45) is 5.92 Å². The first-order chi connectivity index (χ1) is 6.69. The summed E-state index contributed by atoms with van der Waals surface area (Å²) in [6, 6.07) is -0.127. The van der Waals surface area contributed by atoms with Crippen molar-refractivity contribution >= 4 is 5.91 Å². The average Bonchev–Trinajstić information content (AvgIpc) is 2.02. The van der Waals surface area contributed by atoms with E-state index < -0.39 is 0 Å². The zero-order valence-corrected chi connectivity index (χ0v) is 8.87. The van der Waals surface area contributed by atoms with Gasteiger partial charge < -0.3 is 20.1 Å². The Labute approximate surface area is 84.1 Å². The van der Waals surface area contributed by atoms with Crippen molar-refractivity contribution in [3.05, 3.63) is 0 Å². The third-order valence-corrected chi connectivity index (χ3v) is 2.40. The maximum absolute atomic E-state index is 11.5. The molecule has 0 spiro atoms. The largest absolute Gasteiger partial charge is 0.354 e. The van der Waals surface area contributed by atoms with Crippen LogP contribution in [0.4, 0.5) is 0 Å². The van der Waals surface area contributed by atoms with Crippen LogP contribution in [0.5, 0.6) is 0 Å². The van der Waals surface area contributed by atoms with E-state index in [-0.39, 0.29) is 24.2 Å². The fourth-order valence-corrected chi connectivity index (χ4v) is 1.39. The van der Waals surface area contributed by atoms with Crippen LogP contribution < -0.4 is 10.6 Å². The zero-order valence-electron chi connectivity index (χ0n) is 8.87. The van der Waals surface area contributed by atoms with E-state index in [1.54, 1.807) is 14.2 Å². The molecule has 1 saturated heterocycles. The van der Waals surface area contributed by atoms with Gasteiger partial charge in [-0.15, -0.1) is 0 Å². The Hall–Kier alpha value is -0.650. The van der Waals surface area contributed by atoms with Crippen molar-refractivity contribution in [3.63, 3.8) is 0 Å². The van der Waals surface area contributed by atoms with Gasteiger partial charge in [-0.05, 0) is 6.92 Å². The molecule has 1 amide bonds. The number of ether oxygens (including phenoxy) is 2. The topological polar surface area (TPSA) is 59.6 Å². The highest BCUT2D eigenvalue weighted by Gasteiger charge is 2.27. The van der Waals surface area contributed by atoms with Crippen LogP contribution in [-0.4, -0.2) is 45.5 Å². The molecule has 0 aliphatic carbocycles. The van der Waals surface area contributed by atoms with Gasteiger partial charge in [-0.1, -0.05) is 0 Å². The van der Waals surface area contributed by atoms with Crippen molar-refractivity contribution in [2.75, 3.05) is 27.3 Å². The van der Waals surface area contributed by atoms with E-state index in [9.17, 15) is 4.79 Å². The molecule has 0 bridgehead atoms. The standard InChI is InChI=1S/C9H18N2O3/c1-6(9(13-2)14-3)11-8(12)7-4-10-5-7/h6-7,9-10H,4-5H2,1-3H3,(H,11,12). The van der Waals surface area contributed by atoms with Gasteiger partial charge in [0.05, 0.1) is 12.0 Å². The number of amides is 1. The fraction of sp³-hybridized carbons (Fsp3) is 0.889. The molecule has 0 radical (unpaired) electrons. The highest BCUT2D eigenvalue weighted by Crippen LogP contribution is 2.05. The van der Waals surface area contributed by atoms with Gasteiger partial charge in [-0.3, -0.25) is 4.79 Å². The second-order valence-electron chi connectivity index (χ2n) is 3.49. The molecule has 1 aliphatic rings. The minimum absolute atomic E-state index is 0.0651. The number of nitrogens with one attached hydrogen (secondary N) is 2. The highest BCUT2D eigenvalue weighted by atomic mass is 16.7. The number of carbonyl (C=O) groups is 1. The van der Waals surface area contributed by atoms with Crippen LogP contribution in [0.1, 0.15) is 6.92 Å². The molecule has 5 nitrogen and oxygen atoms in total. The Bertz CT molecular complexity index is 190. The van der Waals surface area contributed by atoms with Gasteiger partial charge >= 0.3 is 0 Å². The predicted octanol–water partition coefficient (Wildman–Crippen LogP) is -0.671. The van der Waals surface area contributed by atoms with E-state index in [0.29, 0.717) is 0 Å². The zero-order chi connectivity index (χ0) is 10.6. The first-order valence-corrected chi connectivity index (χ1v) is 4.75. The lowest BCUT2D eigenvalue weighted by Crippen LogP contribution is -2.54. The third kappa shape index (κ3) is 2.67. The molecule has 1 rings (SSSR count). The van der Waals surface area contributed by atoms with Gasteiger partial charge in [-0.25, -0.2) is 0 Å². The number of hydrogen-bond acceptors (Lipinski definition) is 4. The van der Waals surface area contributed by atoms with Gasteiger partial charge in [0.1, 0.15) is 0 Å². The fourth-order valence-electron chi connectivity index (χ4n) is 1.39. The van der Waals surface area contributed by atoms with Crippen molar-refractivity contribution in [1.29, 1.82) is 0 Å². The number of hydrogen-bond donors (Lipinski definition) is 2. The second kappa shape index (κ2) is 5.29. The maximum Gasteiger partial charge on any atom is 0.226 e. The number of rotatable bonds is 5.